The van der Waals surface area contributed by atoms with Crippen LogP contribution in [0.2, 0.25) is 0 Å². The zero-order valence-corrected chi connectivity index (χ0v) is 12.5. The van der Waals surface area contributed by atoms with Gasteiger partial charge >= 0.3 is 5.63 Å². The summed E-state index contributed by atoms with van der Waals surface area (Å²) in [6.07, 6.45) is 3.55. The van der Waals surface area contributed by atoms with E-state index in [2.05, 4.69) is 4.98 Å². The third-order valence-electron chi connectivity index (χ3n) is 4.09. The minimum atomic E-state index is -0.441. The Morgan fingerprint density at radius 2 is 2.04 bits per heavy atom. The van der Waals surface area contributed by atoms with Crippen molar-refractivity contribution in [2.24, 2.45) is 0 Å². The van der Waals surface area contributed by atoms with Crippen molar-refractivity contribution in [3.63, 3.8) is 0 Å². The van der Waals surface area contributed by atoms with Gasteiger partial charge in [-0.2, -0.15) is 0 Å². The van der Waals surface area contributed by atoms with Crippen LogP contribution in [-0.2, 0) is 6.54 Å². The number of aryl methyl sites for hydroxylation is 1. The number of aromatic amines is 1. The highest BCUT2D eigenvalue weighted by Gasteiger charge is 2.10. The van der Waals surface area contributed by atoms with Gasteiger partial charge in [0, 0.05) is 29.4 Å². The molecule has 3 heterocycles. The standard InChI is InChI=1S/C18H14N2O3/c1-11-9-16(21)23-15-6-8-20(18(22)17(11)15)10-12-3-2-4-14-13(12)5-7-19-14/h2-9,19H,10H2,1H3. The summed E-state index contributed by atoms with van der Waals surface area (Å²) in [5, 5.41) is 1.55. The quantitative estimate of drug-likeness (QED) is 0.619. The third-order valence-corrected chi connectivity index (χ3v) is 4.09. The molecule has 0 aliphatic rings. The molecule has 0 aliphatic carbocycles. The number of H-pyrrole nitrogens is 1. The van der Waals surface area contributed by atoms with Crippen molar-refractivity contribution in [3.05, 3.63) is 80.7 Å². The van der Waals surface area contributed by atoms with Crippen LogP contribution in [0.3, 0.4) is 0 Å². The van der Waals surface area contributed by atoms with E-state index in [4.69, 9.17) is 4.42 Å². The Bertz CT molecular complexity index is 1150. The van der Waals surface area contributed by atoms with Gasteiger partial charge in [0.25, 0.3) is 5.56 Å². The van der Waals surface area contributed by atoms with E-state index in [1.807, 2.05) is 30.5 Å². The molecule has 0 fully saturated rings. The molecule has 0 radical (unpaired) electrons. The molecule has 0 saturated heterocycles. The second kappa shape index (κ2) is 4.98. The average molecular weight is 306 g/mol. The molecule has 5 heteroatoms. The third kappa shape index (κ3) is 2.17. The van der Waals surface area contributed by atoms with Gasteiger partial charge in [0.1, 0.15) is 5.58 Å². The van der Waals surface area contributed by atoms with Crippen LogP contribution in [0.4, 0.5) is 0 Å². The van der Waals surface area contributed by atoms with Gasteiger partial charge < -0.3 is 14.0 Å². The van der Waals surface area contributed by atoms with Crippen molar-refractivity contribution in [3.8, 4) is 0 Å². The van der Waals surface area contributed by atoms with E-state index in [1.54, 1.807) is 23.8 Å². The highest BCUT2D eigenvalue weighted by molar-refractivity contribution is 5.83. The number of hydrogen-bond acceptors (Lipinski definition) is 3. The summed E-state index contributed by atoms with van der Waals surface area (Å²) < 4.78 is 6.75. The van der Waals surface area contributed by atoms with E-state index < -0.39 is 5.63 Å². The number of aromatic nitrogens is 2. The van der Waals surface area contributed by atoms with Gasteiger partial charge in [-0.3, -0.25) is 4.79 Å². The van der Waals surface area contributed by atoms with Crippen molar-refractivity contribution >= 4 is 21.9 Å². The van der Waals surface area contributed by atoms with E-state index >= 15 is 0 Å². The Balaban J connectivity index is 1.90. The van der Waals surface area contributed by atoms with Crippen LogP contribution in [0.5, 0.6) is 0 Å². The fraction of sp³-hybridized carbons (Fsp3) is 0.111. The molecule has 0 amide bonds. The van der Waals surface area contributed by atoms with Crippen molar-refractivity contribution < 1.29 is 4.42 Å². The molecule has 0 saturated carbocycles. The highest BCUT2D eigenvalue weighted by atomic mass is 16.4. The lowest BCUT2D eigenvalue weighted by molar-refractivity contribution is 0.557. The minimum Gasteiger partial charge on any atom is -0.422 e. The Labute approximate surface area is 130 Å². The highest BCUT2D eigenvalue weighted by Crippen LogP contribution is 2.18. The first kappa shape index (κ1) is 13.6. The molecule has 0 spiro atoms. The molecule has 114 valence electrons. The predicted octanol–water partition coefficient (Wildman–Crippen LogP) is 2.79. The first-order chi connectivity index (χ1) is 11.1. The fourth-order valence-electron chi connectivity index (χ4n) is 2.99. The second-order valence-electron chi connectivity index (χ2n) is 5.59. The van der Waals surface area contributed by atoms with Crippen LogP contribution >= 0.6 is 0 Å². The SMILES string of the molecule is Cc1cc(=O)oc2ccn(Cc3cccc4[nH]ccc34)c(=O)c12. The van der Waals surface area contributed by atoms with Crippen LogP contribution in [0.25, 0.3) is 21.9 Å². The Kier molecular flexibility index (Phi) is 2.94. The van der Waals surface area contributed by atoms with Crippen LogP contribution < -0.4 is 11.2 Å². The lowest BCUT2D eigenvalue weighted by Crippen LogP contribution is -2.21. The van der Waals surface area contributed by atoms with Gasteiger partial charge in [0.2, 0.25) is 0 Å². The summed E-state index contributed by atoms with van der Waals surface area (Å²) in [7, 11) is 0. The smallest absolute Gasteiger partial charge is 0.336 e. The number of pyridine rings is 1. The lowest BCUT2D eigenvalue weighted by Gasteiger charge is -2.09. The van der Waals surface area contributed by atoms with Gasteiger partial charge in [-0.05, 0) is 36.2 Å². The van der Waals surface area contributed by atoms with Crippen molar-refractivity contribution in [2.75, 3.05) is 0 Å². The molecule has 5 nitrogen and oxygen atoms in total. The summed E-state index contributed by atoms with van der Waals surface area (Å²) in [6.45, 7) is 2.21. The molecule has 0 unspecified atom stereocenters. The molecule has 1 N–H and O–H groups in total. The van der Waals surface area contributed by atoms with E-state index in [-0.39, 0.29) is 5.56 Å². The number of fused-ring (bicyclic) bond motifs is 2. The predicted molar refractivity (Wildman–Crippen MR) is 88.9 cm³/mol. The van der Waals surface area contributed by atoms with Crippen LogP contribution in [-0.4, -0.2) is 9.55 Å². The molecular formula is C18H14N2O3. The van der Waals surface area contributed by atoms with E-state index in [0.29, 0.717) is 23.1 Å². The zero-order chi connectivity index (χ0) is 16.0. The number of hydrogen-bond donors (Lipinski definition) is 1. The van der Waals surface area contributed by atoms with E-state index in [1.165, 1.54) is 6.07 Å². The number of benzene rings is 1. The molecule has 4 rings (SSSR count). The van der Waals surface area contributed by atoms with Crippen LogP contribution in [0, 0.1) is 6.92 Å². The monoisotopic (exact) mass is 306 g/mol. The first-order valence-corrected chi connectivity index (χ1v) is 7.32. The number of nitrogens with zero attached hydrogens (tertiary/aromatic N) is 1. The first-order valence-electron chi connectivity index (χ1n) is 7.32. The van der Waals surface area contributed by atoms with Gasteiger partial charge in [-0.25, -0.2) is 4.79 Å². The van der Waals surface area contributed by atoms with Crippen molar-refractivity contribution in [1.82, 2.24) is 9.55 Å². The molecule has 3 aromatic heterocycles. The van der Waals surface area contributed by atoms with Gasteiger partial charge in [0.15, 0.2) is 0 Å². The fourth-order valence-corrected chi connectivity index (χ4v) is 2.99. The maximum atomic E-state index is 12.7. The van der Waals surface area contributed by atoms with E-state index in [0.717, 1.165) is 16.5 Å². The van der Waals surface area contributed by atoms with Gasteiger partial charge in [-0.1, -0.05) is 12.1 Å². The normalized spacial score (nSPS) is 11.3. The van der Waals surface area contributed by atoms with Crippen molar-refractivity contribution in [1.29, 1.82) is 0 Å². The van der Waals surface area contributed by atoms with Crippen molar-refractivity contribution in [2.45, 2.75) is 13.5 Å². The van der Waals surface area contributed by atoms with Crippen LogP contribution in [0.15, 0.2) is 62.8 Å². The maximum Gasteiger partial charge on any atom is 0.336 e. The molecule has 4 aromatic rings. The lowest BCUT2D eigenvalue weighted by atomic mass is 10.1. The summed E-state index contributed by atoms with van der Waals surface area (Å²) in [5.74, 6) is 0. The Morgan fingerprint density at radius 3 is 2.91 bits per heavy atom. The maximum absolute atomic E-state index is 12.7. The largest absolute Gasteiger partial charge is 0.422 e. The molecule has 0 bridgehead atoms. The average Bonchev–Trinajstić information content (AvgIpc) is 2.99. The number of nitrogens with one attached hydrogen (secondary N) is 1. The molecule has 23 heavy (non-hydrogen) atoms. The Hall–Kier alpha value is -3.08. The number of rotatable bonds is 2. The summed E-state index contributed by atoms with van der Waals surface area (Å²) in [6, 6.07) is 11.0. The Morgan fingerprint density at radius 1 is 1.17 bits per heavy atom. The topological polar surface area (TPSA) is 68.0 Å². The molecule has 1 aromatic carbocycles. The molecular weight excluding hydrogens is 292 g/mol. The van der Waals surface area contributed by atoms with Gasteiger partial charge in [0.05, 0.1) is 11.9 Å². The summed E-state index contributed by atoms with van der Waals surface area (Å²) >= 11 is 0. The zero-order valence-electron chi connectivity index (χ0n) is 12.5. The minimum absolute atomic E-state index is 0.156. The van der Waals surface area contributed by atoms with E-state index in [9.17, 15) is 9.59 Å². The van der Waals surface area contributed by atoms with Crippen LogP contribution in [0.1, 0.15) is 11.1 Å². The molecule has 0 atom stereocenters. The van der Waals surface area contributed by atoms with Gasteiger partial charge in [-0.15, -0.1) is 0 Å². The summed E-state index contributed by atoms with van der Waals surface area (Å²) in [4.78, 5) is 27.3. The summed E-state index contributed by atoms with van der Waals surface area (Å²) in [5.41, 5.74) is 2.46. The molecule has 0 aliphatic heterocycles. The second-order valence-corrected chi connectivity index (χ2v) is 5.59.